The van der Waals surface area contributed by atoms with Crippen LogP contribution >= 0.6 is 23.1 Å². The SMILES string of the molecule is CC(=O)N(c1nnc(SC(C)C(=O)NCCC2=CCCCC2)s1)C1CC1. The van der Waals surface area contributed by atoms with E-state index in [0.29, 0.717) is 11.7 Å². The maximum Gasteiger partial charge on any atom is 0.233 e. The van der Waals surface area contributed by atoms with Crippen molar-refractivity contribution in [3.8, 4) is 0 Å². The molecule has 2 amide bonds. The van der Waals surface area contributed by atoms with Crippen LogP contribution in [0.3, 0.4) is 0 Å². The summed E-state index contributed by atoms with van der Waals surface area (Å²) >= 11 is 2.79. The summed E-state index contributed by atoms with van der Waals surface area (Å²) in [6, 6.07) is 0.271. The minimum atomic E-state index is -0.233. The quantitative estimate of drug-likeness (QED) is 0.415. The third-order valence-corrected chi connectivity index (χ3v) is 6.74. The van der Waals surface area contributed by atoms with Gasteiger partial charge in [0.25, 0.3) is 0 Å². The van der Waals surface area contributed by atoms with Crippen LogP contribution in [0.4, 0.5) is 5.13 Å². The highest BCUT2D eigenvalue weighted by Crippen LogP contribution is 2.36. The summed E-state index contributed by atoms with van der Waals surface area (Å²) in [5.41, 5.74) is 1.47. The molecule has 1 saturated carbocycles. The number of rotatable bonds is 8. The highest BCUT2D eigenvalue weighted by atomic mass is 32.2. The number of aromatic nitrogens is 2. The zero-order valence-corrected chi connectivity index (χ0v) is 17.0. The molecular formula is C18H26N4O2S2. The topological polar surface area (TPSA) is 75.2 Å². The monoisotopic (exact) mass is 394 g/mol. The van der Waals surface area contributed by atoms with Crippen LogP contribution in [-0.2, 0) is 9.59 Å². The van der Waals surface area contributed by atoms with Gasteiger partial charge in [0.2, 0.25) is 16.9 Å². The van der Waals surface area contributed by atoms with Crippen molar-refractivity contribution in [3.05, 3.63) is 11.6 Å². The Morgan fingerprint density at radius 2 is 2.19 bits per heavy atom. The van der Waals surface area contributed by atoms with E-state index in [2.05, 4.69) is 21.6 Å². The molecule has 26 heavy (non-hydrogen) atoms. The van der Waals surface area contributed by atoms with E-state index in [9.17, 15) is 9.59 Å². The molecule has 6 nitrogen and oxygen atoms in total. The third-order valence-electron chi connectivity index (χ3n) is 4.63. The second-order valence-electron chi connectivity index (χ2n) is 6.88. The second kappa shape index (κ2) is 8.99. The molecule has 0 aliphatic heterocycles. The van der Waals surface area contributed by atoms with Gasteiger partial charge in [-0.25, -0.2) is 0 Å². The lowest BCUT2D eigenvalue weighted by atomic mass is 9.97. The van der Waals surface area contributed by atoms with Gasteiger partial charge in [0.15, 0.2) is 4.34 Å². The van der Waals surface area contributed by atoms with Crippen molar-refractivity contribution >= 4 is 40.0 Å². The minimum absolute atomic E-state index is 0.00279. The largest absolute Gasteiger partial charge is 0.355 e. The van der Waals surface area contributed by atoms with E-state index >= 15 is 0 Å². The van der Waals surface area contributed by atoms with E-state index in [1.54, 1.807) is 11.8 Å². The molecule has 0 spiro atoms. The number of thioether (sulfide) groups is 1. The van der Waals surface area contributed by atoms with E-state index in [4.69, 9.17) is 0 Å². The van der Waals surface area contributed by atoms with Crippen LogP contribution in [0.15, 0.2) is 16.0 Å². The molecule has 1 unspecified atom stereocenters. The Balaban J connectivity index is 1.46. The first kappa shape index (κ1) is 19.4. The molecule has 142 valence electrons. The third kappa shape index (κ3) is 5.30. The lowest BCUT2D eigenvalue weighted by molar-refractivity contribution is -0.120. The highest BCUT2D eigenvalue weighted by molar-refractivity contribution is 8.02. The fraction of sp³-hybridized carbons (Fsp3) is 0.667. The fourth-order valence-corrected chi connectivity index (χ4v) is 5.18. The Hall–Kier alpha value is -1.41. The van der Waals surface area contributed by atoms with Crippen LogP contribution in [0.1, 0.15) is 58.8 Å². The fourth-order valence-electron chi connectivity index (χ4n) is 3.05. The summed E-state index contributed by atoms with van der Waals surface area (Å²) in [6.45, 7) is 4.13. The van der Waals surface area contributed by atoms with Crippen LogP contribution in [-0.4, -0.2) is 39.8 Å². The number of allylic oxidation sites excluding steroid dienone is 1. The summed E-state index contributed by atoms with van der Waals surface area (Å²) in [5.74, 6) is 0.0248. The van der Waals surface area contributed by atoms with E-state index in [0.717, 1.165) is 23.6 Å². The Kier molecular flexibility index (Phi) is 6.69. The summed E-state index contributed by atoms with van der Waals surface area (Å²) in [7, 11) is 0. The van der Waals surface area contributed by atoms with Crippen LogP contribution in [0.5, 0.6) is 0 Å². The number of amides is 2. The number of hydrogen-bond donors (Lipinski definition) is 1. The van der Waals surface area contributed by atoms with E-state index in [-0.39, 0.29) is 23.1 Å². The van der Waals surface area contributed by atoms with Gasteiger partial charge in [-0.15, -0.1) is 10.2 Å². The molecule has 0 radical (unpaired) electrons. The van der Waals surface area contributed by atoms with Crippen molar-refractivity contribution in [1.82, 2.24) is 15.5 Å². The Labute approximate surface area is 162 Å². The van der Waals surface area contributed by atoms with E-state index < -0.39 is 0 Å². The summed E-state index contributed by atoms with van der Waals surface area (Å²) < 4.78 is 0.726. The Morgan fingerprint density at radius 3 is 2.85 bits per heavy atom. The zero-order chi connectivity index (χ0) is 18.5. The first-order valence-corrected chi connectivity index (χ1v) is 11.0. The molecule has 1 N–H and O–H groups in total. The molecular weight excluding hydrogens is 368 g/mol. The molecule has 2 aliphatic rings. The smallest absolute Gasteiger partial charge is 0.233 e. The molecule has 1 atom stereocenters. The standard InChI is InChI=1S/C18H26N4O2S2/c1-12(16(24)19-11-10-14-6-4-3-5-7-14)25-18-21-20-17(26-18)22(13(2)23)15-8-9-15/h6,12,15H,3-5,7-11H2,1-2H3,(H,19,24). The van der Waals surface area contributed by atoms with Gasteiger partial charge in [-0.2, -0.15) is 0 Å². The van der Waals surface area contributed by atoms with Gasteiger partial charge in [0, 0.05) is 19.5 Å². The van der Waals surface area contributed by atoms with Crippen LogP contribution in [0, 0.1) is 0 Å². The van der Waals surface area contributed by atoms with Crippen LogP contribution in [0.2, 0.25) is 0 Å². The van der Waals surface area contributed by atoms with E-state index in [1.165, 1.54) is 54.4 Å². The summed E-state index contributed by atoms with van der Waals surface area (Å²) in [5, 5.41) is 11.7. The maximum absolute atomic E-state index is 12.3. The zero-order valence-electron chi connectivity index (χ0n) is 15.4. The van der Waals surface area contributed by atoms with Gasteiger partial charge in [0.1, 0.15) is 0 Å². The molecule has 0 saturated heterocycles. The Bertz CT molecular complexity index is 684. The molecule has 1 heterocycles. The van der Waals surface area contributed by atoms with Gasteiger partial charge < -0.3 is 5.32 Å². The number of nitrogens with one attached hydrogen (secondary N) is 1. The van der Waals surface area contributed by atoms with Crippen molar-refractivity contribution in [1.29, 1.82) is 0 Å². The van der Waals surface area contributed by atoms with Crippen molar-refractivity contribution in [2.75, 3.05) is 11.4 Å². The van der Waals surface area contributed by atoms with Crippen molar-refractivity contribution in [2.45, 2.75) is 74.4 Å². The maximum atomic E-state index is 12.3. The van der Waals surface area contributed by atoms with Crippen molar-refractivity contribution < 1.29 is 9.59 Å². The van der Waals surface area contributed by atoms with E-state index in [1.807, 2.05) is 6.92 Å². The predicted octanol–water partition coefficient (Wildman–Crippen LogP) is 3.54. The molecule has 8 heteroatoms. The highest BCUT2D eigenvalue weighted by Gasteiger charge is 2.34. The number of carbonyl (C=O) groups is 2. The number of hydrogen-bond acceptors (Lipinski definition) is 6. The molecule has 0 bridgehead atoms. The van der Waals surface area contributed by atoms with Gasteiger partial charge in [-0.3, -0.25) is 14.5 Å². The molecule has 1 fully saturated rings. The van der Waals surface area contributed by atoms with Crippen LogP contribution < -0.4 is 10.2 Å². The molecule has 2 aliphatic carbocycles. The Morgan fingerprint density at radius 1 is 1.38 bits per heavy atom. The summed E-state index contributed by atoms with van der Waals surface area (Å²) in [6.07, 6.45) is 10.2. The molecule has 1 aromatic heterocycles. The first-order chi connectivity index (χ1) is 12.5. The van der Waals surface area contributed by atoms with Crippen molar-refractivity contribution in [2.24, 2.45) is 0 Å². The van der Waals surface area contributed by atoms with Gasteiger partial charge in [0.05, 0.1) is 5.25 Å². The number of carbonyl (C=O) groups excluding carboxylic acids is 2. The van der Waals surface area contributed by atoms with Crippen molar-refractivity contribution in [3.63, 3.8) is 0 Å². The average molecular weight is 395 g/mol. The minimum Gasteiger partial charge on any atom is -0.355 e. The number of anilines is 1. The summed E-state index contributed by atoms with van der Waals surface area (Å²) in [4.78, 5) is 25.8. The van der Waals surface area contributed by atoms with Crippen LogP contribution in [0.25, 0.3) is 0 Å². The lowest BCUT2D eigenvalue weighted by Gasteiger charge is -2.15. The average Bonchev–Trinajstić information content (AvgIpc) is 3.34. The van der Waals surface area contributed by atoms with Gasteiger partial charge in [-0.05, 0) is 51.9 Å². The van der Waals surface area contributed by atoms with Gasteiger partial charge >= 0.3 is 0 Å². The number of nitrogens with zero attached hydrogens (tertiary/aromatic N) is 3. The lowest BCUT2D eigenvalue weighted by Crippen LogP contribution is -2.31. The normalized spacial score (nSPS) is 18.2. The second-order valence-corrected chi connectivity index (χ2v) is 9.42. The molecule has 1 aromatic rings. The molecule has 3 rings (SSSR count). The predicted molar refractivity (Wildman–Crippen MR) is 106 cm³/mol. The van der Waals surface area contributed by atoms with Gasteiger partial charge in [-0.1, -0.05) is 34.7 Å². The molecule has 0 aromatic carbocycles. The first-order valence-electron chi connectivity index (χ1n) is 9.30.